The number of nitrogens with one attached hydrogen (secondary N) is 2. The lowest BCUT2D eigenvalue weighted by Gasteiger charge is -2.14. The van der Waals surface area contributed by atoms with Gasteiger partial charge in [0.25, 0.3) is 0 Å². The lowest BCUT2D eigenvalue weighted by Crippen LogP contribution is -2.19. The van der Waals surface area contributed by atoms with Crippen LogP contribution in [0.2, 0.25) is 0 Å². The summed E-state index contributed by atoms with van der Waals surface area (Å²) >= 11 is 0. The predicted octanol–water partition coefficient (Wildman–Crippen LogP) is 5.11. The van der Waals surface area contributed by atoms with E-state index in [4.69, 9.17) is 5.10 Å². The van der Waals surface area contributed by atoms with Gasteiger partial charge in [0.05, 0.1) is 17.6 Å². The molecule has 0 spiro atoms. The van der Waals surface area contributed by atoms with Crippen LogP contribution in [0.15, 0.2) is 54.7 Å². The van der Waals surface area contributed by atoms with Crippen molar-refractivity contribution in [3.05, 3.63) is 77.4 Å². The Morgan fingerprint density at radius 2 is 1.86 bits per heavy atom. The molecule has 4 aromatic rings. The molecule has 4 rings (SSSR count). The van der Waals surface area contributed by atoms with Gasteiger partial charge in [-0.05, 0) is 43.7 Å². The molecular weight excluding hydrogens is 358 g/mol. The summed E-state index contributed by atoms with van der Waals surface area (Å²) in [6, 6.07) is 17.1. The fourth-order valence-electron chi connectivity index (χ4n) is 3.88. The molecule has 2 N–H and O–H groups in total. The van der Waals surface area contributed by atoms with E-state index in [0.29, 0.717) is 5.92 Å². The molecule has 0 amide bonds. The summed E-state index contributed by atoms with van der Waals surface area (Å²) in [7, 11) is 0. The molecule has 0 bridgehead atoms. The number of H-pyrrole nitrogens is 1. The number of aromatic amines is 1. The summed E-state index contributed by atoms with van der Waals surface area (Å²) in [5.74, 6) is 0.612. The molecule has 0 saturated heterocycles. The first-order valence-electron chi connectivity index (χ1n) is 10.3. The van der Waals surface area contributed by atoms with Gasteiger partial charge in [0.2, 0.25) is 0 Å². The summed E-state index contributed by atoms with van der Waals surface area (Å²) in [5, 5.41) is 18.3. The second-order valence-electron chi connectivity index (χ2n) is 8.18. The minimum atomic E-state index is 0.190. The lowest BCUT2D eigenvalue weighted by molar-refractivity contribution is 0.564. The first-order valence-corrected chi connectivity index (χ1v) is 10.3. The van der Waals surface area contributed by atoms with E-state index in [9.17, 15) is 0 Å². The number of benzene rings is 2. The number of rotatable bonds is 7. The maximum atomic E-state index is 4.71. The highest BCUT2D eigenvalue weighted by Crippen LogP contribution is 2.26. The van der Waals surface area contributed by atoms with Crippen LogP contribution in [0.25, 0.3) is 16.5 Å². The number of fused-ring (bicyclic) bond motifs is 1. The van der Waals surface area contributed by atoms with Crippen LogP contribution in [0.3, 0.4) is 0 Å². The third kappa shape index (κ3) is 4.10. The first kappa shape index (κ1) is 19.4. The van der Waals surface area contributed by atoms with Crippen molar-refractivity contribution in [3.63, 3.8) is 0 Å². The minimum Gasteiger partial charge on any atom is -0.304 e. The fourth-order valence-corrected chi connectivity index (χ4v) is 3.88. The van der Waals surface area contributed by atoms with Gasteiger partial charge in [-0.15, -0.1) is 0 Å². The SMILES string of the molecule is Cc1c([C@H](C)NCc2cc(CC(C)C)n[nH]2)cnn1-c1cccc2ccccc12. The summed E-state index contributed by atoms with van der Waals surface area (Å²) in [4.78, 5) is 0. The Balaban J connectivity index is 1.51. The maximum Gasteiger partial charge on any atom is 0.0727 e. The molecule has 0 aliphatic rings. The van der Waals surface area contributed by atoms with E-state index in [2.05, 4.69) is 91.7 Å². The van der Waals surface area contributed by atoms with Crippen molar-refractivity contribution >= 4 is 10.8 Å². The number of hydrogen-bond acceptors (Lipinski definition) is 3. The molecule has 0 saturated carbocycles. The molecule has 0 radical (unpaired) electrons. The van der Waals surface area contributed by atoms with Crippen molar-refractivity contribution in [2.24, 2.45) is 5.92 Å². The van der Waals surface area contributed by atoms with Crippen molar-refractivity contribution in [1.82, 2.24) is 25.3 Å². The van der Waals surface area contributed by atoms with Gasteiger partial charge in [-0.3, -0.25) is 5.10 Å². The van der Waals surface area contributed by atoms with Gasteiger partial charge in [-0.25, -0.2) is 4.68 Å². The van der Waals surface area contributed by atoms with Crippen LogP contribution in [0, 0.1) is 12.8 Å². The van der Waals surface area contributed by atoms with E-state index >= 15 is 0 Å². The summed E-state index contributed by atoms with van der Waals surface area (Å²) < 4.78 is 2.05. The molecule has 0 aliphatic carbocycles. The Bertz CT molecular complexity index is 1100. The van der Waals surface area contributed by atoms with Gasteiger partial charge in [0.1, 0.15) is 0 Å². The zero-order chi connectivity index (χ0) is 20.4. The Kier molecular flexibility index (Phi) is 5.49. The number of aromatic nitrogens is 4. The fraction of sp³-hybridized carbons (Fsp3) is 0.333. The van der Waals surface area contributed by atoms with Gasteiger partial charge >= 0.3 is 0 Å². The first-order chi connectivity index (χ1) is 14.0. The maximum absolute atomic E-state index is 4.71. The van der Waals surface area contributed by atoms with Gasteiger partial charge in [0, 0.05) is 34.9 Å². The Morgan fingerprint density at radius 3 is 2.69 bits per heavy atom. The van der Waals surface area contributed by atoms with Crippen LogP contribution in [0.1, 0.15) is 49.5 Å². The van der Waals surface area contributed by atoms with Crippen molar-refractivity contribution < 1.29 is 0 Å². The lowest BCUT2D eigenvalue weighted by atomic mass is 10.1. The average Bonchev–Trinajstić information content (AvgIpc) is 3.31. The van der Waals surface area contributed by atoms with Crippen molar-refractivity contribution in [3.8, 4) is 5.69 Å². The van der Waals surface area contributed by atoms with Crippen LogP contribution in [-0.4, -0.2) is 20.0 Å². The van der Waals surface area contributed by atoms with Gasteiger partial charge in [0.15, 0.2) is 0 Å². The molecule has 29 heavy (non-hydrogen) atoms. The molecular formula is C24H29N5. The van der Waals surface area contributed by atoms with Crippen LogP contribution in [0.5, 0.6) is 0 Å². The van der Waals surface area contributed by atoms with E-state index in [-0.39, 0.29) is 6.04 Å². The standard InChI is InChI=1S/C24H29N5/c1-16(2)12-20-13-21(28-27-20)14-25-17(3)23-15-26-29(18(23)4)24-11-7-9-19-8-5-6-10-22(19)24/h5-11,13,15-17,25H,12,14H2,1-4H3,(H,27,28)/t17-/m0/s1. The monoisotopic (exact) mass is 387 g/mol. The molecule has 0 aliphatic heterocycles. The third-order valence-corrected chi connectivity index (χ3v) is 5.41. The van der Waals surface area contributed by atoms with Gasteiger partial charge in [-0.2, -0.15) is 10.2 Å². The van der Waals surface area contributed by atoms with Gasteiger partial charge in [-0.1, -0.05) is 50.2 Å². The summed E-state index contributed by atoms with van der Waals surface area (Å²) in [6.07, 6.45) is 2.98. The van der Waals surface area contributed by atoms with Crippen molar-refractivity contribution in [1.29, 1.82) is 0 Å². The normalized spacial score (nSPS) is 12.7. The molecule has 2 aromatic heterocycles. The van der Waals surface area contributed by atoms with Crippen LogP contribution >= 0.6 is 0 Å². The third-order valence-electron chi connectivity index (χ3n) is 5.41. The summed E-state index contributed by atoms with van der Waals surface area (Å²) in [5.41, 5.74) is 5.73. The topological polar surface area (TPSA) is 58.5 Å². The Hall–Kier alpha value is -2.92. The number of nitrogens with zero attached hydrogens (tertiary/aromatic N) is 3. The molecule has 5 nitrogen and oxygen atoms in total. The number of hydrogen-bond donors (Lipinski definition) is 2. The van der Waals surface area contributed by atoms with E-state index < -0.39 is 0 Å². The van der Waals surface area contributed by atoms with Crippen LogP contribution in [-0.2, 0) is 13.0 Å². The highest BCUT2D eigenvalue weighted by atomic mass is 15.3. The summed E-state index contributed by atoms with van der Waals surface area (Å²) in [6.45, 7) is 9.50. The van der Waals surface area contributed by atoms with Crippen molar-refractivity contribution in [2.75, 3.05) is 0 Å². The molecule has 1 atom stereocenters. The smallest absolute Gasteiger partial charge is 0.0727 e. The zero-order valence-electron chi connectivity index (χ0n) is 17.6. The average molecular weight is 388 g/mol. The largest absolute Gasteiger partial charge is 0.304 e. The second-order valence-corrected chi connectivity index (χ2v) is 8.18. The van der Waals surface area contributed by atoms with Crippen molar-refractivity contribution in [2.45, 2.75) is 46.7 Å². The Labute approximate surface area is 172 Å². The van der Waals surface area contributed by atoms with Gasteiger partial charge < -0.3 is 5.32 Å². The van der Waals surface area contributed by atoms with E-state index in [1.54, 1.807) is 0 Å². The molecule has 2 aromatic carbocycles. The molecule has 0 unspecified atom stereocenters. The highest BCUT2D eigenvalue weighted by molar-refractivity contribution is 5.90. The zero-order valence-corrected chi connectivity index (χ0v) is 17.6. The van der Waals surface area contributed by atoms with E-state index in [1.165, 1.54) is 16.3 Å². The van der Waals surface area contributed by atoms with E-state index in [0.717, 1.165) is 35.7 Å². The quantitative estimate of drug-likeness (QED) is 0.463. The molecule has 0 fully saturated rings. The van der Waals surface area contributed by atoms with E-state index in [1.807, 2.05) is 10.9 Å². The molecule has 5 heteroatoms. The minimum absolute atomic E-state index is 0.190. The molecule has 2 heterocycles. The van der Waals surface area contributed by atoms with Crippen LogP contribution < -0.4 is 5.32 Å². The predicted molar refractivity (Wildman–Crippen MR) is 118 cm³/mol. The second kappa shape index (κ2) is 8.21. The van der Waals surface area contributed by atoms with Crippen LogP contribution in [0.4, 0.5) is 0 Å². The molecule has 150 valence electrons. The Morgan fingerprint density at radius 1 is 1.07 bits per heavy atom. The highest BCUT2D eigenvalue weighted by Gasteiger charge is 2.15.